The highest BCUT2D eigenvalue weighted by Gasteiger charge is 2.22. The number of para-hydroxylation sites is 1. The summed E-state index contributed by atoms with van der Waals surface area (Å²) >= 11 is 7.84. The fraction of sp³-hybridized carbons (Fsp3) is 0.160. The van der Waals surface area contributed by atoms with Gasteiger partial charge in [0.05, 0.1) is 17.4 Å². The first-order chi connectivity index (χ1) is 16.4. The van der Waals surface area contributed by atoms with Crippen LogP contribution in [0.4, 0.5) is 14.9 Å². The molecule has 0 aliphatic rings. The number of aromatic nitrogens is 3. The van der Waals surface area contributed by atoms with Crippen molar-refractivity contribution in [3.8, 4) is 5.69 Å². The second-order valence-corrected chi connectivity index (χ2v) is 9.06. The zero-order chi connectivity index (χ0) is 24.1. The molecule has 0 bridgehead atoms. The van der Waals surface area contributed by atoms with Crippen molar-refractivity contribution in [3.05, 3.63) is 101 Å². The van der Waals surface area contributed by atoms with E-state index in [1.54, 1.807) is 19.1 Å². The lowest BCUT2D eigenvalue weighted by Crippen LogP contribution is -2.32. The molecule has 1 heterocycles. The zero-order valence-electron chi connectivity index (χ0n) is 18.6. The Balaban J connectivity index is 1.62. The van der Waals surface area contributed by atoms with Crippen molar-refractivity contribution in [3.63, 3.8) is 0 Å². The normalized spacial score (nSPS) is 11.8. The smallest absolute Gasteiger partial charge is 0.319 e. The van der Waals surface area contributed by atoms with Gasteiger partial charge in [-0.15, -0.1) is 10.2 Å². The quantitative estimate of drug-likeness (QED) is 0.285. The van der Waals surface area contributed by atoms with Crippen molar-refractivity contribution < 1.29 is 9.18 Å². The molecule has 0 saturated carbocycles. The van der Waals surface area contributed by atoms with E-state index in [4.69, 9.17) is 11.6 Å². The van der Waals surface area contributed by atoms with Crippen molar-refractivity contribution in [2.24, 2.45) is 0 Å². The molecule has 0 radical (unpaired) electrons. The highest BCUT2D eigenvalue weighted by molar-refractivity contribution is 7.98. The molecule has 0 spiro atoms. The molecule has 4 rings (SSSR count). The minimum absolute atomic E-state index is 0.0958. The Morgan fingerprint density at radius 2 is 1.82 bits per heavy atom. The van der Waals surface area contributed by atoms with Gasteiger partial charge in [0.2, 0.25) is 0 Å². The number of rotatable bonds is 7. The summed E-state index contributed by atoms with van der Waals surface area (Å²) in [6.45, 7) is 3.77. The van der Waals surface area contributed by atoms with E-state index >= 15 is 0 Å². The number of carbonyl (C=O) groups excluding carboxylic acids is 1. The Hall–Kier alpha value is -3.36. The number of hydrogen-bond donors (Lipinski definition) is 2. The van der Waals surface area contributed by atoms with Gasteiger partial charge in [0.1, 0.15) is 5.82 Å². The summed E-state index contributed by atoms with van der Waals surface area (Å²) in [5.74, 6) is 0.723. The Morgan fingerprint density at radius 3 is 2.59 bits per heavy atom. The van der Waals surface area contributed by atoms with Gasteiger partial charge in [0.15, 0.2) is 11.0 Å². The molecule has 174 valence electrons. The van der Waals surface area contributed by atoms with Crippen molar-refractivity contribution in [2.45, 2.75) is 30.8 Å². The first kappa shape index (κ1) is 23.8. The van der Waals surface area contributed by atoms with Gasteiger partial charge in [-0.2, -0.15) is 0 Å². The number of carbonyl (C=O) groups is 1. The lowest BCUT2D eigenvalue weighted by Gasteiger charge is -2.18. The van der Waals surface area contributed by atoms with Crippen LogP contribution in [-0.4, -0.2) is 20.8 Å². The van der Waals surface area contributed by atoms with E-state index in [0.717, 1.165) is 16.8 Å². The molecular formula is C25H23ClFN5OS. The van der Waals surface area contributed by atoms with E-state index in [2.05, 4.69) is 33.0 Å². The SMILES string of the molecule is Cc1ccc(Cl)cc1-n1c(SCc2ccccc2)nnc1C(C)NC(=O)Nc1ccccc1F. The highest BCUT2D eigenvalue weighted by atomic mass is 35.5. The number of amides is 2. The first-order valence-electron chi connectivity index (χ1n) is 10.6. The molecule has 0 saturated heterocycles. The summed E-state index contributed by atoms with van der Waals surface area (Å²) in [6, 6.07) is 20.6. The van der Waals surface area contributed by atoms with Gasteiger partial charge in [-0.3, -0.25) is 4.57 Å². The maximum absolute atomic E-state index is 13.9. The molecule has 2 N–H and O–H groups in total. The second kappa shape index (κ2) is 10.7. The highest BCUT2D eigenvalue weighted by Crippen LogP contribution is 2.30. The molecule has 3 aromatic carbocycles. The maximum Gasteiger partial charge on any atom is 0.319 e. The Kier molecular flexibility index (Phi) is 7.49. The van der Waals surface area contributed by atoms with E-state index < -0.39 is 17.9 Å². The summed E-state index contributed by atoms with van der Waals surface area (Å²) in [7, 11) is 0. The molecule has 0 aliphatic heterocycles. The van der Waals surface area contributed by atoms with E-state index in [-0.39, 0.29) is 5.69 Å². The summed E-state index contributed by atoms with van der Waals surface area (Å²) < 4.78 is 15.8. The van der Waals surface area contributed by atoms with Crippen LogP contribution < -0.4 is 10.6 Å². The predicted molar refractivity (Wildman–Crippen MR) is 134 cm³/mol. The molecule has 34 heavy (non-hydrogen) atoms. The van der Waals surface area contributed by atoms with Crippen LogP contribution in [0.25, 0.3) is 5.69 Å². The molecule has 9 heteroatoms. The first-order valence-corrected chi connectivity index (χ1v) is 12.0. The fourth-order valence-corrected chi connectivity index (χ4v) is 4.48. The number of halogens is 2. The third-order valence-electron chi connectivity index (χ3n) is 5.14. The second-order valence-electron chi connectivity index (χ2n) is 7.68. The molecule has 1 unspecified atom stereocenters. The summed E-state index contributed by atoms with van der Waals surface area (Å²) in [5.41, 5.74) is 3.06. The molecule has 2 amide bonds. The lowest BCUT2D eigenvalue weighted by atomic mass is 10.2. The molecule has 1 aromatic heterocycles. The molecule has 0 aliphatic carbocycles. The number of urea groups is 1. The van der Waals surface area contributed by atoms with Gasteiger partial charge in [0, 0.05) is 10.8 Å². The minimum Gasteiger partial charge on any atom is -0.328 e. The average Bonchev–Trinajstić information content (AvgIpc) is 3.25. The van der Waals surface area contributed by atoms with Crippen LogP contribution in [0.5, 0.6) is 0 Å². The number of nitrogens with zero attached hydrogens (tertiary/aromatic N) is 3. The Bertz CT molecular complexity index is 1300. The molecular weight excluding hydrogens is 473 g/mol. The topological polar surface area (TPSA) is 71.8 Å². The number of benzene rings is 3. The molecule has 4 aromatic rings. The van der Waals surface area contributed by atoms with Gasteiger partial charge < -0.3 is 10.6 Å². The van der Waals surface area contributed by atoms with E-state index in [0.29, 0.717) is 21.8 Å². The van der Waals surface area contributed by atoms with E-state index in [1.165, 1.54) is 23.9 Å². The number of nitrogens with one attached hydrogen (secondary N) is 2. The molecule has 1 atom stereocenters. The van der Waals surface area contributed by atoms with Gasteiger partial charge in [-0.1, -0.05) is 71.9 Å². The van der Waals surface area contributed by atoms with Crippen LogP contribution >= 0.6 is 23.4 Å². The number of aryl methyl sites for hydroxylation is 1. The van der Waals surface area contributed by atoms with Gasteiger partial charge >= 0.3 is 6.03 Å². The van der Waals surface area contributed by atoms with Crippen LogP contribution in [0.3, 0.4) is 0 Å². The van der Waals surface area contributed by atoms with Crippen LogP contribution in [0, 0.1) is 12.7 Å². The summed E-state index contributed by atoms with van der Waals surface area (Å²) in [6.07, 6.45) is 0. The van der Waals surface area contributed by atoms with Gasteiger partial charge in [-0.05, 0) is 49.2 Å². The zero-order valence-corrected chi connectivity index (χ0v) is 20.2. The number of hydrogen-bond acceptors (Lipinski definition) is 4. The largest absolute Gasteiger partial charge is 0.328 e. The van der Waals surface area contributed by atoms with Crippen LogP contribution in [0.15, 0.2) is 78.0 Å². The van der Waals surface area contributed by atoms with Crippen LogP contribution in [-0.2, 0) is 5.75 Å². The van der Waals surface area contributed by atoms with Crippen molar-refractivity contribution in [2.75, 3.05) is 5.32 Å². The third kappa shape index (κ3) is 5.58. The van der Waals surface area contributed by atoms with Crippen LogP contribution in [0.1, 0.15) is 29.9 Å². The minimum atomic E-state index is -0.548. The predicted octanol–water partition coefficient (Wildman–Crippen LogP) is 6.54. The van der Waals surface area contributed by atoms with Gasteiger partial charge in [-0.25, -0.2) is 9.18 Å². The molecule has 0 fully saturated rings. The summed E-state index contributed by atoms with van der Waals surface area (Å²) in [4.78, 5) is 12.6. The van der Waals surface area contributed by atoms with Crippen molar-refractivity contribution in [1.82, 2.24) is 20.1 Å². The van der Waals surface area contributed by atoms with Gasteiger partial charge in [0.25, 0.3) is 0 Å². The number of anilines is 1. The van der Waals surface area contributed by atoms with E-state index in [9.17, 15) is 9.18 Å². The Labute approximate surface area is 206 Å². The van der Waals surface area contributed by atoms with E-state index in [1.807, 2.05) is 47.9 Å². The van der Waals surface area contributed by atoms with Crippen molar-refractivity contribution in [1.29, 1.82) is 0 Å². The van der Waals surface area contributed by atoms with Crippen LogP contribution in [0.2, 0.25) is 5.02 Å². The summed E-state index contributed by atoms with van der Waals surface area (Å²) in [5, 5.41) is 15.4. The molecule has 6 nitrogen and oxygen atoms in total. The average molecular weight is 496 g/mol. The fourth-order valence-electron chi connectivity index (χ4n) is 3.41. The monoisotopic (exact) mass is 495 g/mol. The Morgan fingerprint density at radius 1 is 1.09 bits per heavy atom. The van der Waals surface area contributed by atoms with Crippen molar-refractivity contribution >= 4 is 35.1 Å². The maximum atomic E-state index is 13.9. The number of thioether (sulfide) groups is 1. The third-order valence-corrected chi connectivity index (χ3v) is 6.37. The standard InChI is InChI=1S/C25H23ClFN5OS/c1-16-12-13-19(26)14-22(16)32-23(30-31-25(32)34-15-18-8-4-3-5-9-18)17(2)28-24(33)29-21-11-7-6-10-20(21)27/h3-14,17H,15H2,1-2H3,(H2,28,29,33). The lowest BCUT2D eigenvalue weighted by molar-refractivity contribution is 0.248.